The predicted molar refractivity (Wildman–Crippen MR) is 111 cm³/mol. The van der Waals surface area contributed by atoms with Crippen molar-refractivity contribution in [1.29, 1.82) is 0 Å². The largest absolute Gasteiger partial charge is 0.481 e. The number of benzene rings is 1. The minimum absolute atomic E-state index is 0.0412. The summed E-state index contributed by atoms with van der Waals surface area (Å²) in [6.07, 6.45) is 8.61. The lowest BCUT2D eigenvalue weighted by molar-refractivity contribution is -0.138. The lowest BCUT2D eigenvalue weighted by Crippen LogP contribution is -2.16. The molecular weight excluding hydrogens is 400 g/mol. The summed E-state index contributed by atoms with van der Waals surface area (Å²) in [6, 6.07) is 7.70. The van der Waals surface area contributed by atoms with E-state index in [1.165, 1.54) is 24.2 Å². The Morgan fingerprint density at radius 1 is 1.06 bits per heavy atom. The minimum atomic E-state index is -0.721. The molecule has 0 radical (unpaired) electrons. The molecule has 1 aliphatic carbocycles. The fourth-order valence-corrected chi connectivity index (χ4v) is 3.81. The molecule has 0 atom stereocenters. The van der Waals surface area contributed by atoms with Crippen LogP contribution in [0.25, 0.3) is 0 Å². The van der Waals surface area contributed by atoms with E-state index in [1.807, 2.05) is 24.3 Å². The van der Waals surface area contributed by atoms with Crippen LogP contribution in [-0.4, -0.2) is 37.1 Å². The Morgan fingerprint density at radius 2 is 1.84 bits per heavy atom. The van der Waals surface area contributed by atoms with E-state index in [4.69, 9.17) is 9.52 Å². The van der Waals surface area contributed by atoms with Gasteiger partial charge in [-0.25, -0.2) is 4.98 Å². The molecule has 2 aromatic heterocycles. The molecule has 0 aliphatic heterocycles. The van der Waals surface area contributed by atoms with Crippen molar-refractivity contribution in [2.75, 3.05) is 10.6 Å². The van der Waals surface area contributed by atoms with Crippen LogP contribution >= 0.6 is 0 Å². The van der Waals surface area contributed by atoms with E-state index < -0.39 is 11.9 Å². The van der Waals surface area contributed by atoms with Crippen LogP contribution in [0.5, 0.6) is 0 Å². The van der Waals surface area contributed by atoms with Crippen molar-refractivity contribution in [2.45, 2.75) is 38.0 Å². The third-order valence-corrected chi connectivity index (χ3v) is 5.37. The number of aromatic nitrogens is 4. The van der Waals surface area contributed by atoms with Gasteiger partial charge in [-0.3, -0.25) is 19.9 Å². The van der Waals surface area contributed by atoms with E-state index in [-0.39, 0.29) is 24.2 Å². The number of carboxylic acid groups (broad SMARTS) is 1. The smallest absolute Gasteiger partial charge is 0.321 e. The Morgan fingerprint density at radius 3 is 2.52 bits per heavy atom. The third-order valence-electron chi connectivity index (χ3n) is 5.37. The first-order valence-corrected chi connectivity index (χ1v) is 10.1. The summed E-state index contributed by atoms with van der Waals surface area (Å²) in [5, 5.41) is 22.0. The highest BCUT2D eigenvalue weighted by Crippen LogP contribution is 2.37. The summed E-state index contributed by atoms with van der Waals surface area (Å²) in [4.78, 5) is 31.2. The number of carboxylic acids is 1. The highest BCUT2D eigenvalue weighted by Gasteiger charge is 2.24. The number of anilines is 3. The van der Waals surface area contributed by atoms with Crippen LogP contribution < -0.4 is 10.6 Å². The van der Waals surface area contributed by atoms with Crippen molar-refractivity contribution in [3.63, 3.8) is 0 Å². The minimum Gasteiger partial charge on any atom is -0.481 e. The first-order chi connectivity index (χ1) is 15.1. The van der Waals surface area contributed by atoms with Gasteiger partial charge in [0.25, 0.3) is 0 Å². The second kappa shape index (κ2) is 9.33. The zero-order chi connectivity index (χ0) is 21.6. The number of amides is 1. The molecule has 0 bridgehead atoms. The summed E-state index contributed by atoms with van der Waals surface area (Å²) in [5.41, 5.74) is 1.81. The Bertz CT molecular complexity index is 1030. The van der Waals surface area contributed by atoms with Crippen LogP contribution in [0.15, 0.2) is 47.3 Å². The average molecular weight is 422 g/mol. The maximum absolute atomic E-state index is 12.4. The number of nitrogens with one attached hydrogen (secondary N) is 2. The Balaban J connectivity index is 1.31. The van der Waals surface area contributed by atoms with E-state index in [1.54, 1.807) is 0 Å². The zero-order valence-corrected chi connectivity index (χ0v) is 16.7. The van der Waals surface area contributed by atoms with Crippen molar-refractivity contribution < 1.29 is 19.1 Å². The molecular formula is C21H22N6O4. The van der Waals surface area contributed by atoms with Crippen molar-refractivity contribution in [3.8, 4) is 0 Å². The van der Waals surface area contributed by atoms with Gasteiger partial charge in [-0.15, -0.1) is 5.10 Å². The number of carbonyl (C=O) groups excluding carboxylic acids is 1. The van der Waals surface area contributed by atoms with Crippen molar-refractivity contribution >= 4 is 29.4 Å². The lowest BCUT2D eigenvalue weighted by Gasteiger charge is -2.28. The second-order valence-electron chi connectivity index (χ2n) is 7.52. The van der Waals surface area contributed by atoms with Gasteiger partial charge in [0.05, 0.1) is 6.20 Å². The number of hydrogen-bond donors (Lipinski definition) is 3. The zero-order valence-electron chi connectivity index (χ0n) is 16.7. The quantitative estimate of drug-likeness (QED) is 0.520. The van der Waals surface area contributed by atoms with E-state index in [0.29, 0.717) is 17.4 Å². The molecule has 1 saturated carbocycles. The van der Waals surface area contributed by atoms with Crippen LogP contribution in [0, 0.1) is 5.92 Å². The van der Waals surface area contributed by atoms with Crippen molar-refractivity contribution in [3.05, 3.63) is 54.3 Å². The molecule has 160 valence electrons. The number of nitrogens with zero attached hydrogens (tertiary/aromatic N) is 4. The van der Waals surface area contributed by atoms with Gasteiger partial charge in [0.2, 0.25) is 0 Å². The fourth-order valence-electron chi connectivity index (χ4n) is 3.81. The molecule has 1 fully saturated rings. The van der Waals surface area contributed by atoms with Crippen molar-refractivity contribution in [1.82, 2.24) is 20.2 Å². The van der Waals surface area contributed by atoms with Gasteiger partial charge in [-0.05, 0) is 55.2 Å². The van der Waals surface area contributed by atoms with E-state index in [0.717, 1.165) is 25.7 Å². The molecule has 31 heavy (non-hydrogen) atoms. The van der Waals surface area contributed by atoms with Crippen molar-refractivity contribution in [2.24, 2.45) is 5.92 Å². The molecule has 2 heterocycles. The van der Waals surface area contributed by atoms with Gasteiger partial charge in [0.1, 0.15) is 0 Å². The standard InChI is InChI=1S/C21H22N6O4/c28-18(29)11-13-1-3-14(4-2-13)15-5-7-16(8-6-15)24-19(30)20-26-27-21(31-20)25-17-12-22-9-10-23-17/h5-10,12-14H,1-4,11H2,(H,24,30)(H,28,29)(H,23,25,27)/t13-,14-. The van der Waals surface area contributed by atoms with Crippen LogP contribution in [0.3, 0.4) is 0 Å². The average Bonchev–Trinajstić information content (AvgIpc) is 3.24. The third kappa shape index (κ3) is 5.41. The topological polar surface area (TPSA) is 143 Å². The normalized spacial score (nSPS) is 18.3. The SMILES string of the molecule is O=C(O)C[C@H]1CC[C@H](c2ccc(NC(=O)c3nnc(Nc4cnccn4)o3)cc2)CC1. The summed E-state index contributed by atoms with van der Waals surface area (Å²) < 4.78 is 5.32. The molecule has 0 saturated heterocycles. The van der Waals surface area contributed by atoms with E-state index in [2.05, 4.69) is 30.8 Å². The van der Waals surface area contributed by atoms with Crippen LogP contribution in [0.2, 0.25) is 0 Å². The molecule has 0 spiro atoms. The number of carbonyl (C=O) groups is 2. The monoisotopic (exact) mass is 422 g/mol. The molecule has 1 amide bonds. The molecule has 3 aromatic rings. The summed E-state index contributed by atoms with van der Waals surface area (Å²) in [5.74, 6) is -0.295. The highest BCUT2D eigenvalue weighted by atomic mass is 16.4. The Labute approximate surface area is 178 Å². The first-order valence-electron chi connectivity index (χ1n) is 10.1. The Kier molecular flexibility index (Phi) is 6.16. The first kappa shape index (κ1) is 20.5. The van der Waals surface area contributed by atoms with Gasteiger partial charge < -0.3 is 14.8 Å². The highest BCUT2D eigenvalue weighted by molar-refractivity contribution is 6.00. The molecule has 4 rings (SSSR count). The van der Waals surface area contributed by atoms with Crippen LogP contribution in [0.4, 0.5) is 17.5 Å². The second-order valence-corrected chi connectivity index (χ2v) is 7.52. The van der Waals surface area contributed by atoms with Gasteiger partial charge in [0, 0.05) is 24.5 Å². The molecule has 1 aliphatic rings. The fraction of sp³-hybridized carbons (Fsp3) is 0.333. The van der Waals surface area contributed by atoms with Crippen LogP contribution in [-0.2, 0) is 4.79 Å². The van der Waals surface area contributed by atoms with E-state index in [9.17, 15) is 9.59 Å². The summed E-state index contributed by atoms with van der Waals surface area (Å²) in [6.45, 7) is 0. The molecule has 1 aromatic carbocycles. The van der Waals surface area contributed by atoms with E-state index >= 15 is 0 Å². The number of rotatable bonds is 7. The molecule has 3 N–H and O–H groups in total. The molecule has 0 unspecified atom stereocenters. The molecule has 10 nitrogen and oxygen atoms in total. The van der Waals surface area contributed by atoms with Gasteiger partial charge >= 0.3 is 23.8 Å². The Hall–Kier alpha value is -3.82. The molecule has 10 heteroatoms. The maximum atomic E-state index is 12.4. The number of hydrogen-bond acceptors (Lipinski definition) is 8. The maximum Gasteiger partial charge on any atom is 0.321 e. The van der Waals surface area contributed by atoms with Gasteiger partial charge in [-0.2, -0.15) is 0 Å². The van der Waals surface area contributed by atoms with Gasteiger partial charge in [0.15, 0.2) is 5.82 Å². The van der Waals surface area contributed by atoms with Gasteiger partial charge in [-0.1, -0.05) is 17.2 Å². The predicted octanol–water partition coefficient (Wildman–Crippen LogP) is 3.60. The van der Waals surface area contributed by atoms with Crippen LogP contribution in [0.1, 0.15) is 54.3 Å². The lowest BCUT2D eigenvalue weighted by atomic mass is 9.77. The summed E-state index contributed by atoms with van der Waals surface area (Å²) >= 11 is 0. The number of aliphatic carboxylic acids is 1. The summed E-state index contributed by atoms with van der Waals surface area (Å²) in [7, 11) is 0.